The number of aliphatic carboxylic acids is 1. The molecule has 0 radical (unpaired) electrons. The maximum Gasteiger partial charge on any atom is 0.308 e. The topological polar surface area (TPSA) is 75.6 Å². The Morgan fingerprint density at radius 2 is 1.88 bits per heavy atom. The molecule has 3 atom stereocenters. The van der Waals surface area contributed by atoms with E-state index >= 15 is 0 Å². The third kappa shape index (κ3) is 4.94. The molecule has 24 heavy (non-hydrogen) atoms. The fraction of sp³-hybridized carbons (Fsp3) is 0.556. The molecule has 1 aliphatic rings. The molecule has 0 spiro atoms. The molecule has 2 N–H and O–H groups in total. The van der Waals surface area contributed by atoms with E-state index in [1.54, 1.807) is 12.1 Å². The summed E-state index contributed by atoms with van der Waals surface area (Å²) in [4.78, 5) is 23.8. The molecule has 0 heterocycles. The molecule has 5 nitrogen and oxygen atoms in total. The molecule has 2 rings (SSSR count). The Hall–Kier alpha value is -2.11. The molecule has 1 fully saturated rings. The second-order valence-corrected chi connectivity index (χ2v) is 6.24. The van der Waals surface area contributed by atoms with Crippen LogP contribution in [0.2, 0.25) is 0 Å². The van der Waals surface area contributed by atoms with Gasteiger partial charge in [0.1, 0.15) is 0 Å². The molecule has 132 valence electrons. The number of rotatable bonds is 5. The summed E-state index contributed by atoms with van der Waals surface area (Å²) in [5.41, 5.74) is 0. The van der Waals surface area contributed by atoms with E-state index in [0.717, 1.165) is 25.7 Å². The van der Waals surface area contributed by atoms with Gasteiger partial charge in [-0.1, -0.05) is 37.8 Å². The van der Waals surface area contributed by atoms with Crippen molar-refractivity contribution in [2.24, 2.45) is 5.92 Å². The van der Waals surface area contributed by atoms with Gasteiger partial charge in [0.2, 0.25) is 0 Å². The van der Waals surface area contributed by atoms with Crippen molar-refractivity contribution in [3.05, 3.63) is 30.1 Å². The third-order valence-corrected chi connectivity index (χ3v) is 4.42. The van der Waals surface area contributed by atoms with Gasteiger partial charge in [0.15, 0.2) is 17.7 Å². The van der Waals surface area contributed by atoms with E-state index in [2.05, 4.69) is 5.32 Å². The molecule has 1 aliphatic carbocycles. The van der Waals surface area contributed by atoms with Gasteiger partial charge in [-0.2, -0.15) is 0 Å². The quantitative estimate of drug-likeness (QED) is 0.865. The van der Waals surface area contributed by atoms with E-state index < -0.39 is 35.8 Å². The van der Waals surface area contributed by atoms with Gasteiger partial charge in [-0.05, 0) is 31.9 Å². The van der Waals surface area contributed by atoms with E-state index in [-0.39, 0.29) is 5.75 Å². The average molecular weight is 337 g/mol. The summed E-state index contributed by atoms with van der Waals surface area (Å²) in [6.45, 7) is 1.53. The molecule has 1 amide bonds. The van der Waals surface area contributed by atoms with Gasteiger partial charge in [-0.15, -0.1) is 0 Å². The first-order valence-electron chi connectivity index (χ1n) is 8.43. The number of carbonyl (C=O) groups excluding carboxylic acids is 1. The SMILES string of the molecule is CC(Oc1ccccc1F)C(=O)NC1CCCCCCC1C(=O)O. The molecular weight excluding hydrogens is 313 g/mol. The third-order valence-electron chi connectivity index (χ3n) is 4.42. The van der Waals surface area contributed by atoms with E-state index in [1.165, 1.54) is 19.1 Å². The fourth-order valence-corrected chi connectivity index (χ4v) is 3.04. The standard InChI is InChI=1S/C18H24FNO4/c1-12(24-16-11-7-6-9-14(16)19)17(21)20-15-10-5-3-2-4-8-13(15)18(22)23/h6-7,9,11-13,15H,2-5,8,10H2,1H3,(H,20,21)(H,22,23). The highest BCUT2D eigenvalue weighted by atomic mass is 19.1. The van der Waals surface area contributed by atoms with Crippen molar-refractivity contribution < 1.29 is 23.8 Å². The Bertz CT molecular complexity index is 578. The Labute approximate surface area is 141 Å². The predicted molar refractivity (Wildman–Crippen MR) is 87.2 cm³/mol. The number of carboxylic acid groups (broad SMARTS) is 1. The molecule has 0 aromatic heterocycles. The van der Waals surface area contributed by atoms with E-state index in [0.29, 0.717) is 12.8 Å². The van der Waals surface area contributed by atoms with Crippen molar-refractivity contribution in [3.8, 4) is 5.75 Å². The zero-order valence-electron chi connectivity index (χ0n) is 13.8. The second-order valence-electron chi connectivity index (χ2n) is 6.24. The molecule has 0 aliphatic heterocycles. The molecule has 3 unspecified atom stereocenters. The summed E-state index contributed by atoms with van der Waals surface area (Å²) in [5.74, 6) is -2.42. The van der Waals surface area contributed by atoms with Crippen LogP contribution >= 0.6 is 0 Å². The monoisotopic (exact) mass is 337 g/mol. The largest absolute Gasteiger partial charge is 0.481 e. The molecule has 0 bridgehead atoms. The van der Waals surface area contributed by atoms with Crippen LogP contribution in [0.15, 0.2) is 24.3 Å². The van der Waals surface area contributed by atoms with Crippen molar-refractivity contribution >= 4 is 11.9 Å². The highest BCUT2D eigenvalue weighted by Gasteiger charge is 2.31. The average Bonchev–Trinajstić information content (AvgIpc) is 2.51. The van der Waals surface area contributed by atoms with Gasteiger partial charge < -0.3 is 15.2 Å². The molecule has 0 saturated heterocycles. The van der Waals surface area contributed by atoms with Crippen LogP contribution in [0, 0.1) is 11.7 Å². The van der Waals surface area contributed by atoms with Crippen LogP contribution in [0.25, 0.3) is 0 Å². The minimum absolute atomic E-state index is 0.00704. The van der Waals surface area contributed by atoms with Crippen LogP contribution in [0.3, 0.4) is 0 Å². The zero-order valence-corrected chi connectivity index (χ0v) is 13.8. The zero-order chi connectivity index (χ0) is 17.5. The van der Waals surface area contributed by atoms with Crippen LogP contribution in [-0.4, -0.2) is 29.1 Å². The number of amides is 1. The van der Waals surface area contributed by atoms with E-state index in [9.17, 15) is 19.1 Å². The van der Waals surface area contributed by atoms with Gasteiger partial charge in [-0.25, -0.2) is 4.39 Å². The molecule has 1 aromatic rings. The number of nitrogens with one attached hydrogen (secondary N) is 1. The Morgan fingerprint density at radius 1 is 1.21 bits per heavy atom. The molecule has 1 aromatic carbocycles. The number of benzene rings is 1. The minimum Gasteiger partial charge on any atom is -0.481 e. The Kier molecular flexibility index (Phi) is 6.58. The first-order valence-corrected chi connectivity index (χ1v) is 8.43. The summed E-state index contributed by atoms with van der Waals surface area (Å²) < 4.78 is 19.0. The summed E-state index contributed by atoms with van der Waals surface area (Å²) in [6.07, 6.45) is 4.10. The summed E-state index contributed by atoms with van der Waals surface area (Å²) in [6, 6.07) is 5.46. The number of halogens is 1. The van der Waals surface area contributed by atoms with Gasteiger partial charge >= 0.3 is 5.97 Å². The van der Waals surface area contributed by atoms with E-state index in [1.807, 2.05) is 0 Å². The normalized spacial score (nSPS) is 22.8. The molecule has 6 heteroatoms. The lowest BCUT2D eigenvalue weighted by molar-refractivity contribution is -0.144. The Morgan fingerprint density at radius 3 is 2.54 bits per heavy atom. The van der Waals surface area contributed by atoms with Crippen LogP contribution in [0.5, 0.6) is 5.75 Å². The van der Waals surface area contributed by atoms with Crippen LogP contribution < -0.4 is 10.1 Å². The van der Waals surface area contributed by atoms with E-state index in [4.69, 9.17) is 4.74 Å². The smallest absolute Gasteiger partial charge is 0.308 e. The first-order chi connectivity index (χ1) is 11.5. The van der Waals surface area contributed by atoms with Crippen molar-refractivity contribution in [2.45, 2.75) is 57.6 Å². The maximum absolute atomic E-state index is 13.6. The van der Waals surface area contributed by atoms with Crippen molar-refractivity contribution in [2.75, 3.05) is 0 Å². The highest BCUT2D eigenvalue weighted by Crippen LogP contribution is 2.24. The number of carboxylic acids is 1. The lowest BCUT2D eigenvalue weighted by Crippen LogP contribution is -2.48. The van der Waals surface area contributed by atoms with Crippen LogP contribution in [0.4, 0.5) is 4.39 Å². The minimum atomic E-state index is -0.901. The fourth-order valence-electron chi connectivity index (χ4n) is 3.04. The van der Waals surface area contributed by atoms with Gasteiger partial charge in [0.05, 0.1) is 5.92 Å². The van der Waals surface area contributed by atoms with Crippen LogP contribution in [0.1, 0.15) is 45.4 Å². The Balaban J connectivity index is 1.99. The van der Waals surface area contributed by atoms with Gasteiger partial charge in [0, 0.05) is 6.04 Å². The first kappa shape index (κ1) is 18.2. The number of hydrogen-bond donors (Lipinski definition) is 2. The van der Waals surface area contributed by atoms with Gasteiger partial charge in [-0.3, -0.25) is 9.59 Å². The number of hydrogen-bond acceptors (Lipinski definition) is 3. The summed E-state index contributed by atoms with van der Waals surface area (Å²) in [5, 5.41) is 12.2. The molecular formula is C18H24FNO4. The second kappa shape index (κ2) is 8.66. The lowest BCUT2D eigenvalue weighted by Gasteiger charge is -2.28. The molecule has 1 saturated carbocycles. The van der Waals surface area contributed by atoms with Crippen LogP contribution in [-0.2, 0) is 9.59 Å². The van der Waals surface area contributed by atoms with Crippen molar-refractivity contribution in [1.29, 1.82) is 0 Å². The lowest BCUT2D eigenvalue weighted by atomic mass is 9.86. The highest BCUT2D eigenvalue weighted by molar-refractivity contribution is 5.82. The van der Waals surface area contributed by atoms with Crippen molar-refractivity contribution in [3.63, 3.8) is 0 Å². The predicted octanol–water partition coefficient (Wildman–Crippen LogP) is 3.13. The maximum atomic E-state index is 13.6. The van der Waals surface area contributed by atoms with Crippen molar-refractivity contribution in [1.82, 2.24) is 5.32 Å². The summed E-state index contributed by atoms with van der Waals surface area (Å²) in [7, 11) is 0. The summed E-state index contributed by atoms with van der Waals surface area (Å²) >= 11 is 0. The van der Waals surface area contributed by atoms with Gasteiger partial charge in [0.25, 0.3) is 5.91 Å². The number of ether oxygens (including phenoxy) is 1. The number of carbonyl (C=O) groups is 2. The number of para-hydroxylation sites is 1.